The van der Waals surface area contributed by atoms with E-state index in [-0.39, 0.29) is 12.5 Å². The first kappa shape index (κ1) is 13.4. The number of carbonyl (C=O) groups is 2. The average Bonchev–Trinajstić information content (AvgIpc) is 2.79. The van der Waals surface area contributed by atoms with Crippen LogP contribution in [0.4, 0.5) is 0 Å². The number of aromatic nitrogens is 1. The van der Waals surface area contributed by atoms with Crippen molar-refractivity contribution in [3.05, 3.63) is 35.0 Å². The van der Waals surface area contributed by atoms with Crippen LogP contribution >= 0.6 is 11.6 Å². The molecule has 0 unspecified atom stereocenters. The third-order valence-corrected chi connectivity index (χ3v) is 2.81. The fourth-order valence-corrected chi connectivity index (χ4v) is 1.90. The fraction of sp³-hybridized carbons (Fsp3) is 0.231. The van der Waals surface area contributed by atoms with Crippen molar-refractivity contribution in [2.45, 2.75) is 6.92 Å². The van der Waals surface area contributed by atoms with Gasteiger partial charge in [-0.25, -0.2) is 4.79 Å². The minimum atomic E-state index is -0.542. The number of rotatable bonds is 4. The third-order valence-electron chi connectivity index (χ3n) is 2.57. The number of likely N-dealkylation sites (N-methyl/N-ethyl adjacent to an activating group) is 1. The van der Waals surface area contributed by atoms with Crippen LogP contribution in [0.2, 0.25) is 5.02 Å². The third kappa shape index (κ3) is 3.06. The number of carbonyl (C=O) groups excluding carboxylic acids is 2. The van der Waals surface area contributed by atoms with Gasteiger partial charge in [0.2, 0.25) is 0 Å². The van der Waals surface area contributed by atoms with E-state index in [2.05, 4.69) is 10.3 Å². The van der Waals surface area contributed by atoms with Crippen molar-refractivity contribution in [3.8, 4) is 0 Å². The smallest absolute Gasteiger partial charge is 0.340 e. The van der Waals surface area contributed by atoms with E-state index in [1.165, 1.54) is 0 Å². The summed E-state index contributed by atoms with van der Waals surface area (Å²) >= 11 is 5.86. The Morgan fingerprint density at radius 2 is 2.21 bits per heavy atom. The maximum atomic E-state index is 11.9. The van der Waals surface area contributed by atoms with Gasteiger partial charge in [0.05, 0.1) is 5.56 Å². The molecule has 0 atom stereocenters. The lowest BCUT2D eigenvalue weighted by Gasteiger charge is -2.04. The van der Waals surface area contributed by atoms with Gasteiger partial charge >= 0.3 is 5.97 Å². The molecule has 0 aliphatic rings. The molecular formula is C13H13ClN2O3. The van der Waals surface area contributed by atoms with Gasteiger partial charge in [-0.3, -0.25) is 4.79 Å². The van der Waals surface area contributed by atoms with Gasteiger partial charge in [0.1, 0.15) is 0 Å². The summed E-state index contributed by atoms with van der Waals surface area (Å²) in [5.74, 6) is -0.862. The van der Waals surface area contributed by atoms with Crippen molar-refractivity contribution in [2.75, 3.05) is 13.2 Å². The van der Waals surface area contributed by atoms with E-state index in [0.29, 0.717) is 22.5 Å². The summed E-state index contributed by atoms with van der Waals surface area (Å²) in [5.41, 5.74) is 1.13. The van der Waals surface area contributed by atoms with Crippen molar-refractivity contribution in [1.29, 1.82) is 0 Å². The zero-order valence-corrected chi connectivity index (χ0v) is 11.1. The number of ether oxygens (including phenoxy) is 1. The molecule has 2 N–H and O–H groups in total. The summed E-state index contributed by atoms with van der Waals surface area (Å²) in [4.78, 5) is 26.0. The maximum Gasteiger partial charge on any atom is 0.340 e. The molecule has 0 radical (unpaired) electrons. The number of fused-ring (bicyclic) bond motifs is 1. The van der Waals surface area contributed by atoms with Gasteiger partial charge in [0.15, 0.2) is 6.61 Å². The Hall–Kier alpha value is -2.01. The number of aromatic amines is 1. The minimum Gasteiger partial charge on any atom is -0.452 e. The van der Waals surface area contributed by atoms with Crippen LogP contribution in [-0.4, -0.2) is 30.0 Å². The van der Waals surface area contributed by atoms with Gasteiger partial charge in [-0.1, -0.05) is 17.7 Å². The topological polar surface area (TPSA) is 71.2 Å². The predicted molar refractivity (Wildman–Crippen MR) is 72.3 cm³/mol. The predicted octanol–water partition coefficient (Wildman–Crippen LogP) is 2.11. The molecule has 0 bridgehead atoms. The van der Waals surface area contributed by atoms with Crippen LogP contribution in [0.3, 0.4) is 0 Å². The molecule has 1 aromatic heterocycles. The number of esters is 1. The quantitative estimate of drug-likeness (QED) is 0.843. The molecule has 0 spiro atoms. The van der Waals surface area contributed by atoms with Crippen LogP contribution in [0, 0.1) is 0 Å². The summed E-state index contributed by atoms with van der Waals surface area (Å²) in [7, 11) is 0. The van der Waals surface area contributed by atoms with Gasteiger partial charge in [0, 0.05) is 28.7 Å². The molecule has 2 aromatic rings. The lowest BCUT2D eigenvalue weighted by atomic mass is 10.2. The van der Waals surface area contributed by atoms with Gasteiger partial charge in [-0.15, -0.1) is 0 Å². The number of H-pyrrole nitrogens is 1. The normalized spacial score (nSPS) is 10.4. The van der Waals surface area contributed by atoms with Crippen LogP contribution in [0.1, 0.15) is 17.3 Å². The average molecular weight is 281 g/mol. The molecule has 0 aliphatic heterocycles. The van der Waals surface area contributed by atoms with Crippen molar-refractivity contribution in [3.63, 3.8) is 0 Å². The fourth-order valence-electron chi connectivity index (χ4n) is 1.72. The SMILES string of the molecule is CCNC(=O)COC(=O)c1c[nH]c2cc(Cl)ccc12. The summed E-state index contributed by atoms with van der Waals surface area (Å²) in [6, 6.07) is 5.15. The standard InChI is InChI=1S/C13H13ClN2O3/c1-2-15-12(17)7-19-13(18)10-6-16-11-5-8(14)3-4-9(10)11/h3-6,16H,2,7H2,1H3,(H,15,17). The molecule has 6 heteroatoms. The molecule has 1 heterocycles. The lowest BCUT2D eigenvalue weighted by molar-refractivity contribution is -0.124. The maximum absolute atomic E-state index is 11.9. The molecule has 100 valence electrons. The lowest BCUT2D eigenvalue weighted by Crippen LogP contribution is -2.28. The molecule has 0 saturated carbocycles. The first-order valence-corrected chi connectivity index (χ1v) is 6.20. The van der Waals surface area contributed by atoms with E-state index >= 15 is 0 Å². The molecule has 2 rings (SSSR count). The molecule has 0 fully saturated rings. The van der Waals surface area contributed by atoms with E-state index < -0.39 is 5.97 Å². The Morgan fingerprint density at radius 1 is 1.42 bits per heavy atom. The van der Waals surface area contributed by atoms with E-state index in [1.54, 1.807) is 31.3 Å². The van der Waals surface area contributed by atoms with Crippen molar-refractivity contribution in [1.82, 2.24) is 10.3 Å². The van der Waals surface area contributed by atoms with E-state index in [9.17, 15) is 9.59 Å². The van der Waals surface area contributed by atoms with Gasteiger partial charge in [-0.05, 0) is 19.1 Å². The summed E-state index contributed by atoms with van der Waals surface area (Å²) in [6.45, 7) is 2.01. The molecule has 19 heavy (non-hydrogen) atoms. The van der Waals surface area contributed by atoms with Crippen LogP contribution in [0.25, 0.3) is 10.9 Å². The molecule has 0 saturated heterocycles. The summed E-state index contributed by atoms with van der Waals surface area (Å²) in [5, 5.41) is 3.84. The number of hydrogen-bond acceptors (Lipinski definition) is 3. The summed E-state index contributed by atoms with van der Waals surface area (Å²) in [6.07, 6.45) is 1.54. The first-order chi connectivity index (χ1) is 9.11. The van der Waals surface area contributed by atoms with Gasteiger partial charge in [-0.2, -0.15) is 0 Å². The Balaban J connectivity index is 2.11. The van der Waals surface area contributed by atoms with E-state index in [1.807, 2.05) is 0 Å². The highest BCUT2D eigenvalue weighted by Crippen LogP contribution is 2.22. The van der Waals surface area contributed by atoms with Crippen LogP contribution < -0.4 is 5.32 Å². The highest BCUT2D eigenvalue weighted by molar-refractivity contribution is 6.31. The molecular weight excluding hydrogens is 268 g/mol. The van der Waals surface area contributed by atoms with Gasteiger partial charge < -0.3 is 15.0 Å². The minimum absolute atomic E-state index is 0.285. The Kier molecular flexibility index (Phi) is 4.06. The van der Waals surface area contributed by atoms with Crippen LogP contribution in [-0.2, 0) is 9.53 Å². The Labute approximate surface area is 114 Å². The number of hydrogen-bond donors (Lipinski definition) is 2. The van der Waals surface area contributed by atoms with Gasteiger partial charge in [0.25, 0.3) is 5.91 Å². The van der Waals surface area contributed by atoms with E-state index in [4.69, 9.17) is 16.3 Å². The van der Waals surface area contributed by atoms with Crippen molar-refractivity contribution >= 4 is 34.4 Å². The molecule has 1 amide bonds. The second-order valence-corrected chi connectivity index (χ2v) is 4.36. The van der Waals surface area contributed by atoms with Crippen LogP contribution in [0.15, 0.2) is 24.4 Å². The monoisotopic (exact) mass is 280 g/mol. The number of amides is 1. The second kappa shape index (κ2) is 5.75. The highest BCUT2D eigenvalue weighted by Gasteiger charge is 2.14. The highest BCUT2D eigenvalue weighted by atomic mass is 35.5. The van der Waals surface area contributed by atoms with Crippen LogP contribution in [0.5, 0.6) is 0 Å². The molecule has 0 aliphatic carbocycles. The number of nitrogens with one attached hydrogen (secondary N) is 2. The molecule has 1 aromatic carbocycles. The molecule has 5 nitrogen and oxygen atoms in total. The number of halogens is 1. The first-order valence-electron chi connectivity index (χ1n) is 5.82. The number of benzene rings is 1. The van der Waals surface area contributed by atoms with Crippen molar-refractivity contribution in [2.24, 2.45) is 0 Å². The largest absolute Gasteiger partial charge is 0.452 e. The Morgan fingerprint density at radius 3 is 2.95 bits per heavy atom. The summed E-state index contributed by atoms with van der Waals surface area (Å²) < 4.78 is 4.94. The second-order valence-electron chi connectivity index (χ2n) is 3.92. The zero-order valence-electron chi connectivity index (χ0n) is 10.3. The van der Waals surface area contributed by atoms with Crippen molar-refractivity contribution < 1.29 is 14.3 Å². The Bertz CT molecular complexity index is 621. The zero-order chi connectivity index (χ0) is 13.8. The van der Waals surface area contributed by atoms with E-state index in [0.717, 1.165) is 5.52 Å².